The lowest BCUT2D eigenvalue weighted by Crippen LogP contribution is -2.11. The molecule has 2 rings (SSSR count). The summed E-state index contributed by atoms with van der Waals surface area (Å²) in [6.45, 7) is 2.10. The van der Waals surface area contributed by atoms with E-state index in [9.17, 15) is 0 Å². The van der Waals surface area contributed by atoms with Crippen LogP contribution in [-0.2, 0) is 6.42 Å². The highest BCUT2D eigenvalue weighted by molar-refractivity contribution is 5.30. The fourth-order valence-electron chi connectivity index (χ4n) is 2.26. The second-order valence-electron chi connectivity index (χ2n) is 4.33. The zero-order valence-electron chi connectivity index (χ0n) is 9.37. The minimum atomic E-state index is 0.549. The number of hydrogen-bond acceptors (Lipinski definition) is 3. The molecule has 82 valence electrons. The Balaban J connectivity index is 2.22. The Labute approximate surface area is 91.1 Å². The molecule has 1 heterocycles. The van der Waals surface area contributed by atoms with Crippen LogP contribution in [-0.4, -0.2) is 9.97 Å². The van der Waals surface area contributed by atoms with Gasteiger partial charge in [0.15, 0.2) is 0 Å². The molecule has 1 fully saturated rings. The molecule has 0 radical (unpaired) electrons. The second kappa shape index (κ2) is 4.60. The number of anilines is 1. The van der Waals surface area contributed by atoms with Gasteiger partial charge >= 0.3 is 0 Å². The number of hydrogen-bond donors (Lipinski definition) is 1. The summed E-state index contributed by atoms with van der Waals surface area (Å²) < 4.78 is 0. The summed E-state index contributed by atoms with van der Waals surface area (Å²) in [6, 6.07) is 1.88. The summed E-state index contributed by atoms with van der Waals surface area (Å²) in [5.41, 5.74) is 6.86. The maximum atomic E-state index is 5.79. The molecule has 1 aliphatic carbocycles. The number of aryl methyl sites for hydroxylation is 1. The fourth-order valence-corrected chi connectivity index (χ4v) is 2.26. The molecule has 1 aliphatic rings. The quantitative estimate of drug-likeness (QED) is 0.807. The van der Waals surface area contributed by atoms with Gasteiger partial charge in [0.1, 0.15) is 11.6 Å². The van der Waals surface area contributed by atoms with Crippen LogP contribution in [0.3, 0.4) is 0 Å². The highest BCUT2D eigenvalue weighted by Gasteiger charge is 2.18. The van der Waals surface area contributed by atoms with E-state index in [2.05, 4.69) is 16.9 Å². The molecule has 0 aliphatic heterocycles. The molecule has 2 N–H and O–H groups in total. The van der Waals surface area contributed by atoms with Crippen LogP contribution >= 0.6 is 0 Å². The molecule has 0 aromatic carbocycles. The van der Waals surface area contributed by atoms with E-state index in [1.165, 1.54) is 32.1 Å². The molecular weight excluding hydrogens is 186 g/mol. The average molecular weight is 205 g/mol. The van der Waals surface area contributed by atoms with Crippen LogP contribution in [0.2, 0.25) is 0 Å². The minimum absolute atomic E-state index is 0.549. The topological polar surface area (TPSA) is 51.8 Å². The smallest absolute Gasteiger partial charge is 0.134 e. The van der Waals surface area contributed by atoms with Crippen molar-refractivity contribution in [3.8, 4) is 0 Å². The molecule has 1 saturated carbocycles. The van der Waals surface area contributed by atoms with Crippen LogP contribution in [0, 0.1) is 0 Å². The van der Waals surface area contributed by atoms with Gasteiger partial charge in [-0.2, -0.15) is 0 Å². The largest absolute Gasteiger partial charge is 0.384 e. The summed E-state index contributed by atoms with van der Waals surface area (Å²) in [6.07, 6.45) is 7.37. The summed E-state index contributed by atoms with van der Waals surface area (Å²) in [4.78, 5) is 8.96. The molecule has 1 aromatic rings. The van der Waals surface area contributed by atoms with Crippen molar-refractivity contribution in [1.82, 2.24) is 9.97 Å². The Morgan fingerprint density at radius 1 is 1.27 bits per heavy atom. The number of nitrogens with zero attached hydrogens (tertiary/aromatic N) is 2. The summed E-state index contributed by atoms with van der Waals surface area (Å²) in [7, 11) is 0. The summed E-state index contributed by atoms with van der Waals surface area (Å²) in [5.74, 6) is 2.15. The standard InChI is InChI=1S/C12H19N3/c1-2-10-8-11(13)15-12(14-10)9-6-4-3-5-7-9/h8-9H,2-7H2,1H3,(H2,13,14,15). The van der Waals surface area contributed by atoms with Gasteiger partial charge in [-0.05, 0) is 19.3 Å². The summed E-state index contributed by atoms with van der Waals surface area (Å²) in [5, 5.41) is 0. The van der Waals surface area contributed by atoms with Gasteiger partial charge in [0.2, 0.25) is 0 Å². The molecule has 0 spiro atoms. The predicted octanol–water partition coefficient (Wildman–Crippen LogP) is 2.67. The average Bonchev–Trinajstić information content (AvgIpc) is 2.29. The first-order valence-corrected chi connectivity index (χ1v) is 5.93. The maximum Gasteiger partial charge on any atom is 0.134 e. The lowest BCUT2D eigenvalue weighted by atomic mass is 9.88. The van der Waals surface area contributed by atoms with Crippen LogP contribution in [0.15, 0.2) is 6.07 Å². The number of nitrogens with two attached hydrogens (primary N) is 1. The van der Waals surface area contributed by atoms with Gasteiger partial charge in [-0.1, -0.05) is 26.2 Å². The first kappa shape index (κ1) is 10.4. The van der Waals surface area contributed by atoms with E-state index in [-0.39, 0.29) is 0 Å². The van der Waals surface area contributed by atoms with Crippen LogP contribution in [0.1, 0.15) is 56.5 Å². The van der Waals surface area contributed by atoms with Crippen molar-refractivity contribution in [2.24, 2.45) is 0 Å². The Bertz CT molecular complexity index is 330. The zero-order chi connectivity index (χ0) is 10.7. The van der Waals surface area contributed by atoms with E-state index in [0.29, 0.717) is 11.7 Å². The lowest BCUT2D eigenvalue weighted by molar-refractivity contribution is 0.428. The molecule has 0 bridgehead atoms. The van der Waals surface area contributed by atoms with E-state index >= 15 is 0 Å². The van der Waals surface area contributed by atoms with Gasteiger partial charge in [-0.25, -0.2) is 9.97 Å². The number of nitrogen functional groups attached to an aromatic ring is 1. The van der Waals surface area contributed by atoms with E-state index < -0.39 is 0 Å². The van der Waals surface area contributed by atoms with Crippen LogP contribution in [0.4, 0.5) is 5.82 Å². The van der Waals surface area contributed by atoms with Crippen molar-refractivity contribution < 1.29 is 0 Å². The van der Waals surface area contributed by atoms with Crippen molar-refractivity contribution in [3.63, 3.8) is 0 Å². The molecule has 3 nitrogen and oxygen atoms in total. The monoisotopic (exact) mass is 205 g/mol. The first-order valence-electron chi connectivity index (χ1n) is 5.93. The normalized spacial score (nSPS) is 17.9. The molecule has 0 unspecified atom stereocenters. The van der Waals surface area contributed by atoms with Crippen LogP contribution in [0.5, 0.6) is 0 Å². The third-order valence-corrected chi connectivity index (χ3v) is 3.15. The highest BCUT2D eigenvalue weighted by Crippen LogP contribution is 2.30. The van der Waals surface area contributed by atoms with Crippen molar-refractivity contribution in [1.29, 1.82) is 0 Å². The van der Waals surface area contributed by atoms with Crippen molar-refractivity contribution >= 4 is 5.82 Å². The van der Waals surface area contributed by atoms with Gasteiger partial charge in [0.25, 0.3) is 0 Å². The van der Waals surface area contributed by atoms with E-state index in [4.69, 9.17) is 5.73 Å². The second-order valence-corrected chi connectivity index (χ2v) is 4.33. The minimum Gasteiger partial charge on any atom is -0.384 e. The van der Waals surface area contributed by atoms with Gasteiger partial charge in [0, 0.05) is 17.7 Å². The van der Waals surface area contributed by atoms with Gasteiger partial charge < -0.3 is 5.73 Å². The molecule has 0 atom stereocenters. The molecule has 1 aromatic heterocycles. The Kier molecular flexibility index (Phi) is 3.19. The first-order chi connectivity index (χ1) is 7.29. The summed E-state index contributed by atoms with van der Waals surface area (Å²) >= 11 is 0. The van der Waals surface area contributed by atoms with E-state index in [1.54, 1.807) is 0 Å². The SMILES string of the molecule is CCc1cc(N)nc(C2CCCCC2)n1. The van der Waals surface area contributed by atoms with Gasteiger partial charge in [0.05, 0.1) is 0 Å². The van der Waals surface area contributed by atoms with Crippen molar-refractivity contribution in [2.75, 3.05) is 5.73 Å². The Hall–Kier alpha value is -1.12. The highest BCUT2D eigenvalue weighted by atomic mass is 15.0. The Morgan fingerprint density at radius 3 is 2.67 bits per heavy atom. The molecule has 15 heavy (non-hydrogen) atoms. The molecule has 3 heteroatoms. The maximum absolute atomic E-state index is 5.79. The zero-order valence-corrected chi connectivity index (χ0v) is 9.37. The van der Waals surface area contributed by atoms with Gasteiger partial charge in [-0.15, -0.1) is 0 Å². The Morgan fingerprint density at radius 2 is 2.00 bits per heavy atom. The van der Waals surface area contributed by atoms with E-state index in [1.807, 2.05) is 6.07 Å². The number of rotatable bonds is 2. The third-order valence-electron chi connectivity index (χ3n) is 3.15. The van der Waals surface area contributed by atoms with Crippen molar-refractivity contribution in [2.45, 2.75) is 51.4 Å². The number of aromatic nitrogens is 2. The van der Waals surface area contributed by atoms with E-state index in [0.717, 1.165) is 17.9 Å². The van der Waals surface area contributed by atoms with Crippen LogP contribution < -0.4 is 5.73 Å². The molecular formula is C12H19N3. The van der Waals surface area contributed by atoms with Gasteiger partial charge in [-0.3, -0.25) is 0 Å². The van der Waals surface area contributed by atoms with Crippen LogP contribution in [0.25, 0.3) is 0 Å². The lowest BCUT2D eigenvalue weighted by Gasteiger charge is -2.20. The fraction of sp³-hybridized carbons (Fsp3) is 0.667. The van der Waals surface area contributed by atoms with Crippen molar-refractivity contribution in [3.05, 3.63) is 17.6 Å². The molecule has 0 amide bonds. The predicted molar refractivity (Wildman–Crippen MR) is 61.6 cm³/mol. The molecule has 0 saturated heterocycles. The third kappa shape index (κ3) is 2.46.